The molecule has 0 bridgehead atoms. The quantitative estimate of drug-likeness (QED) is 0.931. The van der Waals surface area contributed by atoms with Crippen molar-refractivity contribution in [1.82, 2.24) is 5.32 Å². The van der Waals surface area contributed by atoms with Crippen LogP contribution in [0.25, 0.3) is 11.1 Å². The second kappa shape index (κ2) is 6.12. The predicted octanol–water partition coefficient (Wildman–Crippen LogP) is 1.66. The number of nitrogens with one attached hydrogen (secondary N) is 1. The normalized spacial score (nSPS) is 13.8. The van der Waals surface area contributed by atoms with Gasteiger partial charge in [-0.2, -0.15) is 0 Å². The Morgan fingerprint density at radius 1 is 1.09 bits per heavy atom. The fourth-order valence-electron chi connectivity index (χ4n) is 2.88. The first-order valence-corrected chi connectivity index (χ1v) is 7.40. The van der Waals surface area contributed by atoms with Crippen molar-refractivity contribution in [3.05, 3.63) is 59.7 Å². The first-order chi connectivity index (χ1) is 11.1. The molecule has 0 heterocycles. The molecule has 0 radical (unpaired) electrons. The highest BCUT2D eigenvalue weighted by molar-refractivity contribution is 5.80. The lowest BCUT2D eigenvalue weighted by molar-refractivity contribution is -0.307. The van der Waals surface area contributed by atoms with E-state index in [2.05, 4.69) is 5.32 Å². The van der Waals surface area contributed by atoms with Crippen molar-refractivity contribution in [2.45, 2.75) is 18.9 Å². The SMILES string of the molecule is CC(NC(=O)OCC1c2ccccc2-c2ccccc21)C(=O)[O-]. The van der Waals surface area contributed by atoms with Gasteiger partial charge in [0.25, 0.3) is 0 Å². The Labute approximate surface area is 133 Å². The Morgan fingerprint density at radius 3 is 2.13 bits per heavy atom. The molecular formula is C18H16NO4-. The number of carboxylic acids is 1. The van der Waals surface area contributed by atoms with Crippen LogP contribution in [0.15, 0.2) is 48.5 Å². The average Bonchev–Trinajstić information content (AvgIpc) is 2.87. The van der Waals surface area contributed by atoms with Crippen molar-refractivity contribution in [2.75, 3.05) is 6.61 Å². The van der Waals surface area contributed by atoms with Gasteiger partial charge in [-0.1, -0.05) is 48.5 Å². The van der Waals surface area contributed by atoms with E-state index in [1.165, 1.54) is 6.92 Å². The lowest BCUT2D eigenvalue weighted by Crippen LogP contribution is -2.46. The summed E-state index contributed by atoms with van der Waals surface area (Å²) in [4.78, 5) is 22.4. The predicted molar refractivity (Wildman–Crippen MR) is 82.7 cm³/mol. The summed E-state index contributed by atoms with van der Waals surface area (Å²) in [5.74, 6) is -1.40. The highest BCUT2D eigenvalue weighted by Gasteiger charge is 2.29. The molecular weight excluding hydrogens is 294 g/mol. The zero-order valence-corrected chi connectivity index (χ0v) is 12.6. The summed E-state index contributed by atoms with van der Waals surface area (Å²) in [5, 5.41) is 12.9. The van der Waals surface area contributed by atoms with E-state index in [9.17, 15) is 14.7 Å². The van der Waals surface area contributed by atoms with Crippen LogP contribution in [0.1, 0.15) is 24.0 Å². The van der Waals surface area contributed by atoms with Crippen LogP contribution < -0.4 is 10.4 Å². The summed E-state index contributed by atoms with van der Waals surface area (Å²) in [6.45, 7) is 1.48. The molecule has 1 atom stereocenters. The topological polar surface area (TPSA) is 78.5 Å². The first kappa shape index (κ1) is 15.1. The van der Waals surface area contributed by atoms with Crippen LogP contribution >= 0.6 is 0 Å². The monoisotopic (exact) mass is 310 g/mol. The third kappa shape index (κ3) is 2.90. The van der Waals surface area contributed by atoms with E-state index in [-0.39, 0.29) is 12.5 Å². The van der Waals surface area contributed by atoms with Gasteiger partial charge in [0.2, 0.25) is 0 Å². The number of rotatable bonds is 4. The summed E-state index contributed by atoms with van der Waals surface area (Å²) in [5.41, 5.74) is 4.49. The van der Waals surface area contributed by atoms with Crippen molar-refractivity contribution >= 4 is 12.1 Å². The summed E-state index contributed by atoms with van der Waals surface area (Å²) in [6, 6.07) is 14.9. The van der Waals surface area contributed by atoms with E-state index in [1.54, 1.807) is 0 Å². The number of carbonyl (C=O) groups is 2. The molecule has 0 saturated heterocycles. The van der Waals surface area contributed by atoms with Crippen molar-refractivity contribution in [3.63, 3.8) is 0 Å². The Hall–Kier alpha value is -2.82. The van der Waals surface area contributed by atoms with Gasteiger partial charge < -0.3 is 20.0 Å². The van der Waals surface area contributed by atoms with Gasteiger partial charge in [0.05, 0.1) is 12.0 Å². The van der Waals surface area contributed by atoms with Crippen molar-refractivity contribution < 1.29 is 19.4 Å². The Kier molecular flexibility index (Phi) is 4.02. The second-order valence-corrected chi connectivity index (χ2v) is 5.51. The maximum Gasteiger partial charge on any atom is 0.407 e. The summed E-state index contributed by atoms with van der Waals surface area (Å²) >= 11 is 0. The van der Waals surface area contributed by atoms with Crippen LogP contribution in [0.2, 0.25) is 0 Å². The number of amides is 1. The number of aliphatic carboxylic acids is 1. The minimum absolute atomic E-state index is 0.0496. The molecule has 5 heteroatoms. The second-order valence-electron chi connectivity index (χ2n) is 5.51. The number of carbonyl (C=O) groups excluding carboxylic acids is 2. The average molecular weight is 310 g/mol. The fraction of sp³-hybridized carbons (Fsp3) is 0.222. The number of ether oxygens (including phenoxy) is 1. The van der Waals surface area contributed by atoms with E-state index in [0.29, 0.717) is 0 Å². The number of hydrogen-bond acceptors (Lipinski definition) is 4. The van der Waals surface area contributed by atoms with E-state index in [1.807, 2.05) is 48.5 Å². The zero-order valence-electron chi connectivity index (χ0n) is 12.6. The molecule has 0 aliphatic heterocycles. The maximum atomic E-state index is 11.7. The van der Waals surface area contributed by atoms with Gasteiger partial charge in [-0.3, -0.25) is 0 Å². The van der Waals surface area contributed by atoms with E-state index >= 15 is 0 Å². The van der Waals surface area contributed by atoms with Crippen molar-refractivity contribution in [3.8, 4) is 11.1 Å². The largest absolute Gasteiger partial charge is 0.548 e. The van der Waals surface area contributed by atoms with Gasteiger partial charge in [0.15, 0.2) is 0 Å². The van der Waals surface area contributed by atoms with Crippen LogP contribution in [-0.2, 0) is 9.53 Å². The maximum absolute atomic E-state index is 11.7. The van der Waals surface area contributed by atoms with Gasteiger partial charge in [-0.05, 0) is 29.2 Å². The molecule has 0 saturated carbocycles. The van der Waals surface area contributed by atoms with Crippen molar-refractivity contribution in [1.29, 1.82) is 0 Å². The van der Waals surface area contributed by atoms with Gasteiger partial charge in [-0.15, -0.1) is 0 Å². The number of carboxylic acid groups (broad SMARTS) is 1. The molecule has 0 fully saturated rings. The first-order valence-electron chi connectivity index (χ1n) is 7.40. The minimum atomic E-state index is -1.35. The van der Waals surface area contributed by atoms with Crippen LogP contribution in [0.5, 0.6) is 0 Å². The van der Waals surface area contributed by atoms with Crippen LogP contribution in [0.4, 0.5) is 4.79 Å². The third-order valence-electron chi connectivity index (χ3n) is 4.03. The molecule has 2 aromatic carbocycles. The van der Waals surface area contributed by atoms with Gasteiger partial charge in [0, 0.05) is 5.92 Å². The number of benzene rings is 2. The molecule has 1 aliphatic rings. The molecule has 1 unspecified atom stereocenters. The lowest BCUT2D eigenvalue weighted by atomic mass is 9.98. The van der Waals surface area contributed by atoms with Gasteiger partial charge in [0.1, 0.15) is 6.61 Å². The van der Waals surface area contributed by atoms with Crippen LogP contribution in [-0.4, -0.2) is 24.7 Å². The molecule has 2 aromatic rings. The third-order valence-corrected chi connectivity index (χ3v) is 4.03. The molecule has 1 N–H and O–H groups in total. The Morgan fingerprint density at radius 2 is 1.61 bits per heavy atom. The van der Waals surface area contributed by atoms with Crippen molar-refractivity contribution in [2.24, 2.45) is 0 Å². The molecule has 1 amide bonds. The molecule has 3 rings (SSSR count). The number of alkyl carbamates (subject to hydrolysis) is 1. The lowest BCUT2D eigenvalue weighted by Gasteiger charge is -2.17. The highest BCUT2D eigenvalue weighted by atomic mass is 16.5. The smallest absolute Gasteiger partial charge is 0.407 e. The Bertz CT molecular complexity index is 711. The molecule has 1 aliphatic carbocycles. The van der Waals surface area contributed by atoms with Crippen LogP contribution in [0, 0.1) is 0 Å². The van der Waals surface area contributed by atoms with Crippen LogP contribution in [0.3, 0.4) is 0 Å². The van der Waals surface area contributed by atoms with Gasteiger partial charge in [-0.25, -0.2) is 4.79 Å². The molecule has 118 valence electrons. The Balaban J connectivity index is 1.76. The minimum Gasteiger partial charge on any atom is -0.548 e. The molecule has 5 nitrogen and oxygen atoms in total. The summed E-state index contributed by atoms with van der Waals surface area (Å²) < 4.78 is 5.22. The number of fused-ring (bicyclic) bond motifs is 3. The summed E-state index contributed by atoms with van der Waals surface area (Å²) in [6.07, 6.45) is -0.761. The molecule has 0 aromatic heterocycles. The molecule has 23 heavy (non-hydrogen) atoms. The van der Waals surface area contributed by atoms with E-state index in [0.717, 1.165) is 22.3 Å². The standard InChI is InChI=1S/C18H17NO4/c1-11(17(20)21)19-18(22)23-10-16-14-8-4-2-6-12(14)13-7-3-5-9-15(13)16/h2-9,11,16H,10H2,1H3,(H,19,22)(H,20,21)/p-1. The fourth-order valence-corrected chi connectivity index (χ4v) is 2.88. The zero-order chi connectivity index (χ0) is 16.4. The van der Waals surface area contributed by atoms with E-state index in [4.69, 9.17) is 4.74 Å². The summed E-state index contributed by atoms with van der Waals surface area (Å²) in [7, 11) is 0. The highest BCUT2D eigenvalue weighted by Crippen LogP contribution is 2.44. The molecule has 0 spiro atoms. The number of hydrogen-bond donors (Lipinski definition) is 1. The van der Waals surface area contributed by atoms with Gasteiger partial charge >= 0.3 is 6.09 Å². The van der Waals surface area contributed by atoms with E-state index < -0.39 is 18.1 Å².